The van der Waals surface area contributed by atoms with E-state index in [4.69, 9.17) is 4.98 Å². The third-order valence-electron chi connectivity index (χ3n) is 5.36. The first-order valence-corrected chi connectivity index (χ1v) is 9.77. The van der Waals surface area contributed by atoms with Crippen LogP contribution in [-0.4, -0.2) is 34.0 Å². The highest BCUT2D eigenvalue weighted by atomic mass is 79.9. The predicted octanol–water partition coefficient (Wildman–Crippen LogP) is 4.09. The summed E-state index contributed by atoms with van der Waals surface area (Å²) in [5.74, 6) is 0.447. The molecule has 1 amide bonds. The van der Waals surface area contributed by atoms with Gasteiger partial charge in [-0.3, -0.25) is 9.78 Å². The summed E-state index contributed by atoms with van der Waals surface area (Å²) >= 11 is 3.54. The summed E-state index contributed by atoms with van der Waals surface area (Å²) in [6.07, 6.45) is 5.37. The van der Waals surface area contributed by atoms with Gasteiger partial charge in [-0.25, -0.2) is 0 Å². The molecule has 26 heavy (non-hydrogen) atoms. The highest BCUT2D eigenvalue weighted by Gasteiger charge is 2.26. The molecule has 1 N–H and O–H groups in total. The number of aromatic hydroxyl groups is 1. The van der Waals surface area contributed by atoms with Crippen LogP contribution >= 0.6 is 15.9 Å². The smallest absolute Gasteiger partial charge is 0.219 e. The molecule has 0 spiro atoms. The molecule has 1 aliphatic heterocycles. The van der Waals surface area contributed by atoms with Gasteiger partial charge in [0.05, 0.1) is 5.69 Å². The number of aromatic nitrogens is 1. The predicted molar refractivity (Wildman–Crippen MR) is 105 cm³/mol. The largest absolute Gasteiger partial charge is 0.508 e. The monoisotopic (exact) mass is 412 g/mol. The van der Waals surface area contributed by atoms with E-state index in [1.165, 1.54) is 22.3 Å². The molecule has 2 aromatic rings. The second-order valence-corrected chi connectivity index (χ2v) is 7.90. The lowest BCUT2D eigenvalue weighted by Gasteiger charge is -2.29. The van der Waals surface area contributed by atoms with Gasteiger partial charge in [-0.05, 0) is 76.5 Å². The van der Waals surface area contributed by atoms with Crippen LogP contribution in [-0.2, 0) is 17.6 Å². The summed E-state index contributed by atoms with van der Waals surface area (Å²) in [5.41, 5.74) is 7.16. The van der Waals surface area contributed by atoms with Crippen molar-refractivity contribution in [2.24, 2.45) is 0 Å². The van der Waals surface area contributed by atoms with Crippen LogP contribution in [0.5, 0.6) is 5.75 Å². The van der Waals surface area contributed by atoms with E-state index in [1.807, 2.05) is 23.2 Å². The second-order valence-electron chi connectivity index (χ2n) is 6.99. The van der Waals surface area contributed by atoms with Gasteiger partial charge in [0.1, 0.15) is 5.75 Å². The summed E-state index contributed by atoms with van der Waals surface area (Å²) in [7, 11) is 0. The Bertz CT molecular complexity index is 855. The molecule has 0 radical (unpaired) electrons. The second kappa shape index (κ2) is 6.88. The van der Waals surface area contributed by atoms with Crippen molar-refractivity contribution < 1.29 is 9.90 Å². The Morgan fingerprint density at radius 3 is 2.58 bits per heavy atom. The maximum absolute atomic E-state index is 11.7. The van der Waals surface area contributed by atoms with Crippen molar-refractivity contribution in [2.75, 3.05) is 13.1 Å². The van der Waals surface area contributed by atoms with Crippen LogP contribution in [0.3, 0.4) is 0 Å². The highest BCUT2D eigenvalue weighted by Crippen LogP contribution is 2.39. The minimum absolute atomic E-state index is 0.141. The number of carbonyl (C=O) groups excluding carboxylic acids is 1. The van der Waals surface area contributed by atoms with Gasteiger partial charge in [0, 0.05) is 36.3 Å². The van der Waals surface area contributed by atoms with Crippen molar-refractivity contribution >= 4 is 27.4 Å². The summed E-state index contributed by atoms with van der Waals surface area (Å²) in [6.45, 7) is 3.15. The van der Waals surface area contributed by atoms with E-state index in [1.54, 1.807) is 13.0 Å². The van der Waals surface area contributed by atoms with Crippen molar-refractivity contribution in [1.82, 2.24) is 9.88 Å². The number of phenols is 1. The number of pyridine rings is 1. The quantitative estimate of drug-likeness (QED) is 0.708. The summed E-state index contributed by atoms with van der Waals surface area (Å²) < 4.78 is 0.987. The van der Waals surface area contributed by atoms with Crippen molar-refractivity contribution in [3.63, 3.8) is 0 Å². The number of hydrogen-bond acceptors (Lipinski definition) is 3. The Morgan fingerprint density at radius 1 is 1.12 bits per heavy atom. The Kier molecular flexibility index (Phi) is 4.57. The maximum atomic E-state index is 11.7. The van der Waals surface area contributed by atoms with Gasteiger partial charge in [-0.1, -0.05) is 11.6 Å². The third-order valence-corrected chi connectivity index (χ3v) is 5.79. The fraction of sp³-hybridized carbons (Fsp3) is 0.333. The van der Waals surface area contributed by atoms with E-state index in [0.717, 1.165) is 54.5 Å². The molecule has 0 unspecified atom stereocenters. The van der Waals surface area contributed by atoms with Gasteiger partial charge in [0.25, 0.3) is 0 Å². The lowest BCUT2D eigenvalue weighted by Crippen LogP contribution is -2.34. The Morgan fingerprint density at radius 2 is 1.85 bits per heavy atom. The number of rotatable bonds is 0. The van der Waals surface area contributed by atoms with Crippen LogP contribution in [0.2, 0.25) is 0 Å². The number of likely N-dealkylation sites (tertiary alicyclic amines) is 1. The number of nitrogens with zero attached hydrogens (tertiary/aromatic N) is 2. The van der Waals surface area contributed by atoms with Gasteiger partial charge >= 0.3 is 0 Å². The van der Waals surface area contributed by atoms with Gasteiger partial charge in [0.15, 0.2) is 0 Å². The summed E-state index contributed by atoms with van der Waals surface area (Å²) in [4.78, 5) is 18.3. The zero-order chi connectivity index (χ0) is 18.3. The standard InChI is InChI=1S/C21H21BrN2O2/c1-13(25)24-8-6-14(7-9-24)20-19-5-4-18(26)11-15(19)2-3-16-10-17(22)12-23-21(16)20/h4-5,10-12,26H,2-3,6-9H2,1H3. The molecule has 134 valence electrons. The first-order valence-electron chi connectivity index (χ1n) is 8.97. The minimum Gasteiger partial charge on any atom is -0.508 e. The molecule has 0 saturated carbocycles. The number of benzene rings is 1. The van der Waals surface area contributed by atoms with Crippen molar-refractivity contribution in [1.29, 1.82) is 0 Å². The minimum atomic E-state index is 0.141. The Hall–Kier alpha value is -2.14. The van der Waals surface area contributed by atoms with Crippen molar-refractivity contribution in [2.45, 2.75) is 32.6 Å². The lowest BCUT2D eigenvalue weighted by atomic mass is 9.88. The molecule has 0 bridgehead atoms. The summed E-state index contributed by atoms with van der Waals surface area (Å²) in [6, 6.07) is 7.80. The molecule has 2 heterocycles. The van der Waals surface area contributed by atoms with E-state index in [2.05, 4.69) is 22.0 Å². The number of hydrogen-bond donors (Lipinski definition) is 1. The molecule has 0 atom stereocenters. The summed E-state index contributed by atoms with van der Waals surface area (Å²) in [5, 5.41) is 9.95. The number of amides is 1. The molecule has 5 heteroatoms. The van der Waals surface area contributed by atoms with Gasteiger partial charge in [-0.2, -0.15) is 0 Å². The topological polar surface area (TPSA) is 53.4 Å². The molecule has 1 saturated heterocycles. The first-order chi connectivity index (χ1) is 12.5. The third kappa shape index (κ3) is 3.16. The van der Waals surface area contributed by atoms with Crippen LogP contribution in [0.4, 0.5) is 0 Å². The van der Waals surface area contributed by atoms with E-state index in [0.29, 0.717) is 5.75 Å². The Balaban J connectivity index is 1.87. The number of piperidine rings is 1. The number of carbonyl (C=O) groups is 1. The molecule has 1 fully saturated rings. The molecule has 4 nitrogen and oxygen atoms in total. The Labute approximate surface area is 161 Å². The highest BCUT2D eigenvalue weighted by molar-refractivity contribution is 9.10. The van der Waals surface area contributed by atoms with Gasteiger partial charge < -0.3 is 10.0 Å². The van der Waals surface area contributed by atoms with Crippen LogP contribution in [0.15, 0.2) is 40.5 Å². The van der Waals surface area contributed by atoms with Crippen LogP contribution < -0.4 is 0 Å². The average molecular weight is 413 g/mol. The molecule has 1 aromatic heterocycles. The molecule has 1 aliphatic carbocycles. The van der Waals surface area contributed by atoms with E-state index >= 15 is 0 Å². The number of phenolic OH excluding ortho intramolecular Hbond substituents is 1. The SMILES string of the molecule is CC(=O)N1CCC(=C2c3ccc(O)cc3CCc3cc(Br)cnc32)CC1. The van der Waals surface area contributed by atoms with Gasteiger partial charge in [0.2, 0.25) is 5.91 Å². The van der Waals surface area contributed by atoms with Gasteiger partial charge in [-0.15, -0.1) is 0 Å². The number of halogens is 1. The van der Waals surface area contributed by atoms with Crippen LogP contribution in [0, 0.1) is 0 Å². The number of aryl methyl sites for hydroxylation is 2. The molecule has 1 aromatic carbocycles. The van der Waals surface area contributed by atoms with E-state index < -0.39 is 0 Å². The van der Waals surface area contributed by atoms with E-state index in [-0.39, 0.29) is 5.91 Å². The average Bonchev–Trinajstić information content (AvgIpc) is 2.78. The fourth-order valence-corrected chi connectivity index (χ4v) is 4.40. The number of fused-ring (bicyclic) bond motifs is 2. The zero-order valence-electron chi connectivity index (χ0n) is 14.8. The molecular weight excluding hydrogens is 392 g/mol. The fourth-order valence-electron chi connectivity index (χ4n) is 4.02. The van der Waals surface area contributed by atoms with Crippen molar-refractivity contribution in [3.8, 4) is 5.75 Å². The van der Waals surface area contributed by atoms with Crippen molar-refractivity contribution in [3.05, 3.63) is 62.9 Å². The zero-order valence-corrected chi connectivity index (χ0v) is 16.3. The normalized spacial score (nSPS) is 16.8. The molecular formula is C21H21BrN2O2. The first kappa shape index (κ1) is 17.3. The molecule has 2 aliphatic rings. The van der Waals surface area contributed by atoms with E-state index in [9.17, 15) is 9.90 Å². The molecule has 4 rings (SSSR count). The maximum Gasteiger partial charge on any atom is 0.219 e. The van der Waals surface area contributed by atoms with Crippen LogP contribution in [0.25, 0.3) is 5.57 Å². The lowest BCUT2D eigenvalue weighted by molar-refractivity contribution is -0.129. The van der Waals surface area contributed by atoms with Crippen LogP contribution in [0.1, 0.15) is 42.1 Å².